The van der Waals surface area contributed by atoms with Gasteiger partial charge in [0.1, 0.15) is 19.7 Å². The molecule has 0 saturated heterocycles. The molecule has 0 saturated carbocycles. The van der Waals surface area contributed by atoms with Gasteiger partial charge in [0.15, 0.2) is 0 Å². The Hall–Kier alpha value is -1.28. The Morgan fingerprint density at radius 2 is 1.21 bits per heavy atom. The van der Waals surface area contributed by atoms with E-state index >= 15 is 0 Å². The van der Waals surface area contributed by atoms with Gasteiger partial charge in [-0.2, -0.15) is 0 Å². The number of aliphatic hydroxyl groups excluding tert-OH is 1. The molecule has 1 aromatic carbocycles. The zero-order chi connectivity index (χ0) is 22.5. The van der Waals surface area contributed by atoms with Crippen molar-refractivity contribution in [2.75, 3.05) is 31.6 Å². The molecule has 11 nitrogen and oxygen atoms in total. The maximum Gasteiger partial charge on any atom is 0.322 e. The summed E-state index contributed by atoms with van der Waals surface area (Å²) >= 11 is 5.29. The average Bonchev–Trinajstić information content (AvgIpc) is 2.63. The molecule has 0 heterocycles. The zero-order valence-corrected chi connectivity index (χ0v) is 21.1. The van der Waals surface area contributed by atoms with E-state index in [0.29, 0.717) is 0 Å². The Morgan fingerprint density at radius 3 is 1.52 bits per heavy atom. The van der Waals surface area contributed by atoms with Gasteiger partial charge >= 0.3 is 11.9 Å². The Bertz CT molecular complexity index is 833. The normalized spacial score (nSPS) is 10.2. The van der Waals surface area contributed by atoms with Gasteiger partial charge in [0, 0.05) is 10.6 Å². The number of likely N-dealkylation sites (N-methyl/N-ethyl adjacent to an activating group) is 1. The van der Waals surface area contributed by atoms with Gasteiger partial charge in [-0.05, 0) is 67.8 Å². The summed E-state index contributed by atoms with van der Waals surface area (Å²) in [6, 6.07) is 0. The fraction of sp³-hybridized carbons (Fsp3) is 0.267. The number of aliphatic carboxylic acids is 2. The molecule has 0 spiro atoms. The minimum atomic E-state index is -1.28. The lowest BCUT2D eigenvalue weighted by Crippen LogP contribution is -2.36. The number of anilines is 1. The molecule has 3 amide bonds. The number of carboxylic acids is 2. The van der Waals surface area contributed by atoms with Gasteiger partial charge < -0.3 is 30.9 Å². The monoisotopic (exact) mass is 745 g/mol. The first kappa shape index (κ1) is 25.8. The van der Waals surface area contributed by atoms with Crippen molar-refractivity contribution in [2.45, 2.75) is 0 Å². The summed E-state index contributed by atoms with van der Waals surface area (Å²) < 4.78 is 0.646. The highest BCUT2D eigenvalue weighted by Gasteiger charge is 2.30. The molecule has 0 aromatic heterocycles. The van der Waals surface area contributed by atoms with Crippen molar-refractivity contribution in [3.63, 3.8) is 0 Å². The van der Waals surface area contributed by atoms with Gasteiger partial charge in [-0.3, -0.25) is 24.0 Å². The van der Waals surface area contributed by atoms with Gasteiger partial charge in [-0.1, -0.05) is 0 Å². The molecule has 0 radical (unpaired) electrons. The van der Waals surface area contributed by atoms with Crippen LogP contribution in [0.5, 0.6) is 0 Å². The van der Waals surface area contributed by atoms with E-state index in [-0.39, 0.29) is 27.5 Å². The number of rotatable bonds is 8. The predicted octanol–water partition coefficient (Wildman–Crippen LogP) is 0.0843. The zero-order valence-electron chi connectivity index (χ0n) is 14.6. The number of nitrogens with zero attached hydrogens (tertiary/aromatic N) is 1. The molecule has 0 aliphatic carbocycles. The molecule has 5 N–H and O–H groups in total. The summed E-state index contributed by atoms with van der Waals surface area (Å²) in [6.45, 7) is -2.16. The van der Waals surface area contributed by atoms with Crippen LogP contribution in [0, 0.1) is 10.7 Å². The second kappa shape index (κ2) is 11.2. The number of carbonyl (C=O) groups is 5. The predicted molar refractivity (Wildman–Crippen MR) is 125 cm³/mol. The Kier molecular flexibility index (Phi) is 9.95. The maximum absolute atomic E-state index is 12.6. The molecule has 1 rings (SSSR count). The number of halogens is 3. The van der Waals surface area contributed by atoms with Gasteiger partial charge in [-0.25, -0.2) is 0 Å². The molecule has 0 aliphatic heterocycles. The summed E-state index contributed by atoms with van der Waals surface area (Å²) in [7, 11) is 1.34. The highest BCUT2D eigenvalue weighted by molar-refractivity contribution is 14.1. The number of nitrogens with one attached hydrogen (secondary N) is 2. The van der Waals surface area contributed by atoms with Crippen molar-refractivity contribution in [1.29, 1.82) is 0 Å². The smallest absolute Gasteiger partial charge is 0.322 e. The van der Waals surface area contributed by atoms with Crippen molar-refractivity contribution in [3.8, 4) is 0 Å². The molecular formula is C15H14I3N3O8. The molecule has 0 aliphatic rings. The number of aliphatic hydroxyl groups is 1. The van der Waals surface area contributed by atoms with Crippen LogP contribution >= 0.6 is 67.8 Å². The summed E-state index contributed by atoms with van der Waals surface area (Å²) in [5.74, 6) is -4.86. The third-order valence-electron chi connectivity index (χ3n) is 3.39. The van der Waals surface area contributed by atoms with Crippen LogP contribution in [0.2, 0.25) is 0 Å². The number of carboxylic acid groups (broad SMARTS) is 2. The second-order valence-electron chi connectivity index (χ2n) is 5.30. The van der Waals surface area contributed by atoms with Crippen LogP contribution in [0.25, 0.3) is 0 Å². The number of benzene rings is 1. The number of hydrogen-bond acceptors (Lipinski definition) is 6. The summed E-state index contributed by atoms with van der Waals surface area (Å²) in [4.78, 5) is 59.8. The van der Waals surface area contributed by atoms with E-state index in [1.54, 1.807) is 67.8 Å². The number of carbonyl (C=O) groups excluding carboxylic acids is 3. The fourth-order valence-electron chi connectivity index (χ4n) is 2.06. The van der Waals surface area contributed by atoms with Crippen molar-refractivity contribution < 1.29 is 39.3 Å². The highest BCUT2D eigenvalue weighted by atomic mass is 127. The molecular weight excluding hydrogens is 731 g/mol. The number of amides is 3. The largest absolute Gasteiger partial charge is 0.480 e. The van der Waals surface area contributed by atoms with E-state index in [2.05, 4.69) is 10.6 Å². The van der Waals surface area contributed by atoms with Crippen molar-refractivity contribution >= 4 is 103 Å². The van der Waals surface area contributed by atoms with Crippen LogP contribution in [-0.4, -0.2) is 71.7 Å². The third-order valence-corrected chi connectivity index (χ3v) is 6.57. The van der Waals surface area contributed by atoms with Crippen LogP contribution in [0.1, 0.15) is 20.7 Å². The molecule has 0 fully saturated rings. The lowest BCUT2D eigenvalue weighted by atomic mass is 10.1. The van der Waals surface area contributed by atoms with E-state index in [0.717, 1.165) is 4.90 Å². The molecule has 0 bridgehead atoms. The summed E-state index contributed by atoms with van der Waals surface area (Å²) in [5.41, 5.74) is 0.0356. The van der Waals surface area contributed by atoms with Crippen LogP contribution in [0.15, 0.2) is 0 Å². The Balaban J connectivity index is 3.70. The number of hydrogen-bond donors (Lipinski definition) is 5. The second-order valence-corrected chi connectivity index (χ2v) is 8.54. The van der Waals surface area contributed by atoms with Gasteiger partial charge in [0.25, 0.3) is 17.7 Å². The van der Waals surface area contributed by atoms with Gasteiger partial charge in [-0.15, -0.1) is 0 Å². The van der Waals surface area contributed by atoms with Crippen molar-refractivity contribution in [2.24, 2.45) is 0 Å². The molecule has 29 heavy (non-hydrogen) atoms. The van der Waals surface area contributed by atoms with Gasteiger partial charge in [0.05, 0.1) is 24.0 Å². The minimum absolute atomic E-state index is 0.0547. The fourth-order valence-corrected chi connectivity index (χ4v) is 6.93. The lowest BCUT2D eigenvalue weighted by molar-refractivity contribution is -0.136. The first-order valence-electron chi connectivity index (χ1n) is 7.51. The lowest BCUT2D eigenvalue weighted by Gasteiger charge is -2.24. The van der Waals surface area contributed by atoms with E-state index in [4.69, 9.17) is 15.3 Å². The molecule has 0 unspecified atom stereocenters. The van der Waals surface area contributed by atoms with Crippen LogP contribution in [0.3, 0.4) is 0 Å². The van der Waals surface area contributed by atoms with E-state index in [1.165, 1.54) is 7.05 Å². The third kappa shape index (κ3) is 6.35. The SMILES string of the molecule is CN(C(=O)CO)c1c(I)c(C(=O)NCC(=O)O)c(I)c(C(=O)NCC(=O)O)c1I. The quantitative estimate of drug-likeness (QED) is 0.233. The first-order chi connectivity index (χ1) is 13.4. The van der Waals surface area contributed by atoms with Crippen LogP contribution in [-0.2, 0) is 14.4 Å². The summed E-state index contributed by atoms with van der Waals surface area (Å²) in [5, 5.41) is 31.1. The van der Waals surface area contributed by atoms with Crippen LogP contribution < -0.4 is 15.5 Å². The Labute approximate surface area is 205 Å². The van der Waals surface area contributed by atoms with Crippen molar-refractivity contribution in [3.05, 3.63) is 21.8 Å². The molecule has 1 aromatic rings. The average molecular weight is 745 g/mol. The molecule has 158 valence electrons. The van der Waals surface area contributed by atoms with Crippen LogP contribution in [0.4, 0.5) is 5.69 Å². The topological polar surface area (TPSA) is 173 Å². The van der Waals surface area contributed by atoms with Crippen molar-refractivity contribution in [1.82, 2.24) is 10.6 Å². The molecule has 14 heteroatoms. The Morgan fingerprint density at radius 1 is 0.828 bits per heavy atom. The first-order valence-corrected chi connectivity index (χ1v) is 10.7. The molecule has 0 atom stereocenters. The summed E-state index contributed by atoms with van der Waals surface area (Å²) in [6.07, 6.45) is 0. The standard InChI is InChI=1S/C15H14I3N3O8/c1-21(5(23)4-22)13-11(17)8(14(28)19-2-6(24)25)10(16)9(12(13)18)15(29)20-3-7(26)27/h22H,2-4H2,1H3,(H,19,28)(H,20,29)(H,24,25)(H,26,27). The minimum Gasteiger partial charge on any atom is -0.480 e. The maximum atomic E-state index is 12.6. The van der Waals surface area contributed by atoms with Gasteiger partial charge in [0.2, 0.25) is 0 Å². The van der Waals surface area contributed by atoms with E-state index < -0.39 is 49.4 Å². The van der Waals surface area contributed by atoms with E-state index in [1.807, 2.05) is 0 Å². The highest BCUT2D eigenvalue weighted by Crippen LogP contribution is 2.37. The van der Waals surface area contributed by atoms with E-state index in [9.17, 15) is 24.0 Å².